The first-order valence-electron chi connectivity index (χ1n) is 6.03. The van der Waals surface area contributed by atoms with Crippen LogP contribution >= 0.6 is 0 Å². The second-order valence-electron chi connectivity index (χ2n) is 4.63. The molecule has 2 aromatic rings. The van der Waals surface area contributed by atoms with Gasteiger partial charge in [-0.15, -0.1) is 0 Å². The van der Waals surface area contributed by atoms with E-state index in [1.54, 1.807) is 11.7 Å². The van der Waals surface area contributed by atoms with Gasteiger partial charge >= 0.3 is 0 Å². The Morgan fingerprint density at radius 2 is 1.84 bits per heavy atom. The molecule has 0 saturated heterocycles. The largest absolute Gasteiger partial charge is 0.388 e. The highest BCUT2D eigenvalue weighted by atomic mass is 19.1. The third kappa shape index (κ3) is 2.51. The number of hydrogen-bond donors (Lipinski definition) is 1. The molecule has 1 heterocycles. The number of nitrogens with zero attached hydrogens (tertiary/aromatic N) is 2. The average Bonchev–Trinajstić information content (AvgIpc) is 2.56. The summed E-state index contributed by atoms with van der Waals surface area (Å²) >= 11 is 0. The SMILES string of the molecule is Cc1nn(C)c(C)c1CC(O)c1c(F)cccc1F. The average molecular weight is 266 g/mol. The van der Waals surface area contributed by atoms with Gasteiger partial charge in [0.2, 0.25) is 0 Å². The maximum absolute atomic E-state index is 13.6. The van der Waals surface area contributed by atoms with E-state index in [0.29, 0.717) is 0 Å². The fourth-order valence-electron chi connectivity index (χ4n) is 2.24. The molecule has 0 saturated carbocycles. The number of benzene rings is 1. The molecule has 0 spiro atoms. The summed E-state index contributed by atoms with van der Waals surface area (Å²) in [6.45, 7) is 3.67. The van der Waals surface area contributed by atoms with E-state index in [4.69, 9.17) is 0 Å². The third-order valence-electron chi connectivity index (χ3n) is 3.39. The number of aromatic nitrogens is 2. The van der Waals surface area contributed by atoms with Crippen LogP contribution in [0.2, 0.25) is 0 Å². The van der Waals surface area contributed by atoms with Crippen molar-refractivity contribution >= 4 is 0 Å². The second-order valence-corrected chi connectivity index (χ2v) is 4.63. The molecule has 0 aliphatic rings. The fraction of sp³-hybridized carbons (Fsp3) is 0.357. The highest BCUT2D eigenvalue weighted by Crippen LogP contribution is 2.26. The Morgan fingerprint density at radius 3 is 2.32 bits per heavy atom. The van der Waals surface area contributed by atoms with Crippen molar-refractivity contribution in [3.8, 4) is 0 Å². The first-order valence-corrected chi connectivity index (χ1v) is 6.03. The molecule has 102 valence electrons. The van der Waals surface area contributed by atoms with Gasteiger partial charge in [0.25, 0.3) is 0 Å². The zero-order chi connectivity index (χ0) is 14.2. The van der Waals surface area contributed by atoms with E-state index in [9.17, 15) is 13.9 Å². The van der Waals surface area contributed by atoms with Crippen molar-refractivity contribution in [2.24, 2.45) is 7.05 Å². The number of hydrogen-bond acceptors (Lipinski definition) is 2. The van der Waals surface area contributed by atoms with Crippen LogP contribution in [-0.2, 0) is 13.5 Å². The van der Waals surface area contributed by atoms with E-state index in [1.807, 2.05) is 13.8 Å². The standard InChI is InChI=1S/C14H16F2N2O/c1-8-10(9(2)18(3)17-8)7-13(19)14-11(15)5-4-6-12(14)16/h4-6,13,19H,7H2,1-3H3. The Bertz CT molecular complexity index is 587. The van der Waals surface area contributed by atoms with Gasteiger partial charge < -0.3 is 5.11 Å². The number of halogens is 2. The molecule has 5 heteroatoms. The summed E-state index contributed by atoms with van der Waals surface area (Å²) in [4.78, 5) is 0. The summed E-state index contributed by atoms with van der Waals surface area (Å²) in [5, 5.41) is 14.3. The van der Waals surface area contributed by atoms with Crippen molar-refractivity contribution in [1.29, 1.82) is 0 Å². The monoisotopic (exact) mass is 266 g/mol. The highest BCUT2D eigenvalue weighted by molar-refractivity contribution is 5.29. The van der Waals surface area contributed by atoms with E-state index < -0.39 is 17.7 Å². The van der Waals surface area contributed by atoms with E-state index in [2.05, 4.69) is 5.10 Å². The molecule has 0 aliphatic carbocycles. The summed E-state index contributed by atoms with van der Waals surface area (Å²) in [6.07, 6.45) is -1.08. The van der Waals surface area contributed by atoms with Gasteiger partial charge in [-0.05, 0) is 31.5 Å². The molecule has 0 bridgehead atoms. The van der Waals surface area contributed by atoms with Gasteiger partial charge in [0.1, 0.15) is 11.6 Å². The van der Waals surface area contributed by atoms with Crippen LogP contribution in [0.15, 0.2) is 18.2 Å². The molecule has 0 radical (unpaired) electrons. The van der Waals surface area contributed by atoms with Crippen LogP contribution in [0.4, 0.5) is 8.78 Å². The van der Waals surface area contributed by atoms with Gasteiger partial charge in [-0.2, -0.15) is 5.10 Å². The van der Waals surface area contributed by atoms with E-state index in [0.717, 1.165) is 29.1 Å². The summed E-state index contributed by atoms with van der Waals surface area (Å²) in [6, 6.07) is 3.57. The molecule has 0 aliphatic heterocycles. The Balaban J connectivity index is 2.33. The van der Waals surface area contributed by atoms with E-state index in [-0.39, 0.29) is 12.0 Å². The molecule has 2 rings (SSSR count). The van der Waals surface area contributed by atoms with Gasteiger partial charge in [0.05, 0.1) is 17.4 Å². The van der Waals surface area contributed by atoms with Gasteiger partial charge in [0.15, 0.2) is 0 Å². The van der Waals surface area contributed by atoms with Crippen LogP contribution in [0, 0.1) is 25.5 Å². The summed E-state index contributed by atoms with van der Waals surface area (Å²) in [5.74, 6) is -1.46. The second kappa shape index (κ2) is 5.09. The molecule has 3 nitrogen and oxygen atoms in total. The molecule has 1 N–H and O–H groups in total. The van der Waals surface area contributed by atoms with Crippen molar-refractivity contribution in [1.82, 2.24) is 9.78 Å². The van der Waals surface area contributed by atoms with E-state index in [1.165, 1.54) is 6.07 Å². The van der Waals surface area contributed by atoms with Gasteiger partial charge in [0, 0.05) is 19.2 Å². The van der Waals surface area contributed by atoms with Crippen molar-refractivity contribution in [3.05, 3.63) is 52.3 Å². The molecule has 1 aromatic carbocycles. The molecular weight excluding hydrogens is 250 g/mol. The van der Waals surface area contributed by atoms with Crippen LogP contribution in [0.5, 0.6) is 0 Å². The topological polar surface area (TPSA) is 38.0 Å². The quantitative estimate of drug-likeness (QED) is 0.927. The minimum absolute atomic E-state index is 0.142. The van der Waals surface area contributed by atoms with Crippen LogP contribution in [-0.4, -0.2) is 14.9 Å². The van der Waals surface area contributed by atoms with Crippen molar-refractivity contribution in [2.45, 2.75) is 26.4 Å². The molecule has 19 heavy (non-hydrogen) atoms. The predicted octanol–water partition coefficient (Wildman–Crippen LogP) is 2.59. The Kier molecular flexibility index (Phi) is 3.66. The van der Waals surface area contributed by atoms with Gasteiger partial charge in [-0.1, -0.05) is 6.07 Å². The van der Waals surface area contributed by atoms with Crippen molar-refractivity contribution < 1.29 is 13.9 Å². The number of aliphatic hydroxyl groups is 1. The summed E-state index contributed by atoms with van der Waals surface area (Å²) < 4.78 is 28.9. The Labute approximate surface area is 110 Å². The highest BCUT2D eigenvalue weighted by Gasteiger charge is 2.21. The van der Waals surface area contributed by atoms with Gasteiger partial charge in [-0.25, -0.2) is 8.78 Å². The maximum atomic E-state index is 13.6. The van der Waals surface area contributed by atoms with Crippen LogP contribution in [0.1, 0.15) is 28.6 Å². The Morgan fingerprint density at radius 1 is 1.26 bits per heavy atom. The van der Waals surface area contributed by atoms with Crippen LogP contribution < -0.4 is 0 Å². The molecule has 1 aromatic heterocycles. The lowest BCUT2D eigenvalue weighted by Crippen LogP contribution is -2.08. The van der Waals surface area contributed by atoms with Crippen LogP contribution in [0.25, 0.3) is 0 Å². The normalized spacial score (nSPS) is 12.7. The lowest BCUT2D eigenvalue weighted by atomic mass is 9.99. The molecule has 1 unspecified atom stereocenters. The first-order chi connectivity index (χ1) is 8.91. The molecule has 0 amide bonds. The smallest absolute Gasteiger partial charge is 0.131 e. The first kappa shape index (κ1) is 13.7. The van der Waals surface area contributed by atoms with Crippen molar-refractivity contribution in [3.63, 3.8) is 0 Å². The Hall–Kier alpha value is -1.75. The number of rotatable bonds is 3. The maximum Gasteiger partial charge on any atom is 0.131 e. The molecular formula is C14H16F2N2O. The zero-order valence-corrected chi connectivity index (χ0v) is 11.1. The lowest BCUT2D eigenvalue weighted by Gasteiger charge is -2.13. The molecule has 1 atom stereocenters. The predicted molar refractivity (Wildman–Crippen MR) is 67.7 cm³/mol. The fourth-order valence-corrected chi connectivity index (χ4v) is 2.24. The van der Waals surface area contributed by atoms with E-state index >= 15 is 0 Å². The summed E-state index contributed by atoms with van der Waals surface area (Å²) in [7, 11) is 1.79. The van der Waals surface area contributed by atoms with Gasteiger partial charge in [-0.3, -0.25) is 4.68 Å². The van der Waals surface area contributed by atoms with Crippen molar-refractivity contribution in [2.75, 3.05) is 0 Å². The lowest BCUT2D eigenvalue weighted by molar-refractivity contribution is 0.168. The van der Waals surface area contributed by atoms with Crippen LogP contribution in [0.3, 0.4) is 0 Å². The zero-order valence-electron chi connectivity index (χ0n) is 11.1. The minimum atomic E-state index is -1.22. The number of aliphatic hydroxyl groups excluding tert-OH is 1. The minimum Gasteiger partial charge on any atom is -0.388 e. The summed E-state index contributed by atoms with van der Waals surface area (Å²) in [5.41, 5.74) is 2.17. The number of aryl methyl sites for hydroxylation is 2. The third-order valence-corrected chi connectivity index (χ3v) is 3.39. The molecule has 0 fully saturated rings.